The van der Waals surface area contributed by atoms with Crippen molar-refractivity contribution in [1.82, 2.24) is 4.98 Å². The maximum absolute atomic E-state index is 4.08. The molecule has 1 heterocycles. The maximum atomic E-state index is 4.08. The third kappa shape index (κ3) is 7.34. The molecule has 0 N–H and O–H groups in total. The Hall–Kier alpha value is 1.92. The first-order valence-electron chi connectivity index (χ1n) is 3.14. The van der Waals surface area contributed by atoms with Crippen molar-refractivity contribution in [3.63, 3.8) is 0 Å². The Balaban J connectivity index is 0.000000354. The molecule has 0 aromatic carbocycles. The molecule has 12 heavy (non-hydrogen) atoms. The summed E-state index contributed by atoms with van der Waals surface area (Å²) in [6.07, 6.45) is 1.85. The molecule has 0 saturated carbocycles. The van der Waals surface area contributed by atoms with Crippen LogP contribution in [-0.2, 0) is 13.9 Å². The van der Waals surface area contributed by atoms with Crippen molar-refractivity contribution in [2.24, 2.45) is 0 Å². The van der Waals surface area contributed by atoms with Crippen molar-refractivity contribution in [3.05, 3.63) is 29.6 Å². The molecular formula is C7H8I3NV. The van der Waals surface area contributed by atoms with Crippen LogP contribution in [0.15, 0.2) is 18.3 Å². The van der Waals surface area contributed by atoms with Crippen LogP contribution in [0.4, 0.5) is 0 Å². The Morgan fingerprint density at radius 1 is 1.50 bits per heavy atom. The van der Waals surface area contributed by atoms with Gasteiger partial charge in [-0.2, -0.15) is 0 Å². The molecule has 0 spiro atoms. The predicted molar refractivity (Wildman–Crippen MR) is 74.7 cm³/mol. The van der Waals surface area contributed by atoms with E-state index in [2.05, 4.69) is 73.6 Å². The van der Waals surface area contributed by atoms with Gasteiger partial charge in [0.2, 0.25) is 0 Å². The summed E-state index contributed by atoms with van der Waals surface area (Å²) in [7, 11) is 0.628. The quantitative estimate of drug-likeness (QED) is 0.389. The van der Waals surface area contributed by atoms with E-state index in [4.69, 9.17) is 0 Å². The molecule has 1 nitrogen and oxygen atoms in total. The van der Waals surface area contributed by atoms with Gasteiger partial charge in [0, 0.05) is 16.3 Å². The van der Waals surface area contributed by atoms with Crippen LogP contribution >= 0.6 is 62.5 Å². The minimum absolute atomic E-state index is 0.628. The number of halogens is 3. The van der Waals surface area contributed by atoms with Crippen LogP contribution in [0, 0.1) is 6.92 Å². The molecule has 0 bridgehead atoms. The monoisotopic (exact) mass is 538 g/mol. The van der Waals surface area contributed by atoms with E-state index in [1.54, 1.807) is 0 Å². The average Bonchev–Trinajstić information content (AvgIpc) is 2.06. The fraction of sp³-hybridized carbons (Fsp3) is 0.286. The molecule has 0 aliphatic rings. The van der Waals surface area contributed by atoms with E-state index in [1.165, 1.54) is 5.56 Å². The Morgan fingerprint density at radius 2 is 2.08 bits per heavy atom. The second kappa shape index (κ2) is 9.48. The van der Waals surface area contributed by atoms with Crippen LogP contribution in [0.2, 0.25) is 0 Å². The first-order valence-corrected chi connectivity index (χ1v) is 13.7. The molecule has 0 saturated heterocycles. The topological polar surface area (TPSA) is 12.9 Å². The van der Waals surface area contributed by atoms with Crippen molar-refractivity contribution >= 4 is 62.5 Å². The number of alkyl halides is 1. The van der Waals surface area contributed by atoms with Crippen molar-refractivity contribution in [1.29, 1.82) is 0 Å². The van der Waals surface area contributed by atoms with Crippen LogP contribution in [0.3, 0.4) is 0 Å². The molecule has 1 aromatic rings. The third-order valence-corrected chi connectivity index (χ3v) is 2.00. The Morgan fingerprint density at radius 3 is 2.42 bits per heavy atom. The molecule has 0 aliphatic carbocycles. The van der Waals surface area contributed by atoms with Crippen LogP contribution in [0.25, 0.3) is 0 Å². The number of aromatic nitrogens is 1. The van der Waals surface area contributed by atoms with E-state index in [-0.39, 0.29) is 0 Å². The molecule has 0 atom stereocenters. The molecule has 0 aliphatic heterocycles. The number of aryl methyl sites for hydroxylation is 1. The summed E-state index contributed by atoms with van der Waals surface area (Å²) >= 11 is 7.08. The standard InChI is InChI=1S/C7H8IN.2HI.V/c1-6-4-7(5-8)2-3-9-6;;;/h2-4H,5H2,1H3;2*1H;/q;;;+2/p-2. The average molecular weight is 538 g/mol. The van der Waals surface area contributed by atoms with Gasteiger partial charge in [-0.25, -0.2) is 0 Å². The van der Waals surface area contributed by atoms with Gasteiger partial charge in [-0.15, -0.1) is 0 Å². The summed E-state index contributed by atoms with van der Waals surface area (Å²) in [5.41, 5.74) is 2.45. The number of hydrogen-bond donors (Lipinski definition) is 0. The Labute approximate surface area is 116 Å². The van der Waals surface area contributed by atoms with Gasteiger partial charge in [0.25, 0.3) is 0 Å². The first kappa shape index (κ1) is 13.9. The zero-order chi connectivity index (χ0) is 9.40. The number of pyridine rings is 1. The van der Waals surface area contributed by atoms with Crippen LogP contribution in [0.5, 0.6) is 0 Å². The SMILES string of the molecule is Cc1cc(CI)ccn1.[I][V][I]. The fourth-order valence-corrected chi connectivity index (χ4v) is 1.16. The van der Waals surface area contributed by atoms with Crippen molar-refractivity contribution < 1.29 is 9.47 Å². The van der Waals surface area contributed by atoms with Gasteiger partial charge >= 0.3 is 49.4 Å². The zero-order valence-corrected chi connectivity index (χ0v) is 14.3. The number of hydrogen-bond acceptors (Lipinski definition) is 1. The molecule has 1 aromatic heterocycles. The molecule has 1 rings (SSSR count). The van der Waals surface area contributed by atoms with Gasteiger partial charge in [0.15, 0.2) is 0 Å². The minimum atomic E-state index is 0.628. The van der Waals surface area contributed by atoms with E-state index >= 15 is 0 Å². The van der Waals surface area contributed by atoms with Gasteiger partial charge in [-0.3, -0.25) is 4.98 Å². The summed E-state index contributed by atoms with van der Waals surface area (Å²) < 4.78 is 1.07. The first-order chi connectivity index (χ1) is 5.74. The van der Waals surface area contributed by atoms with E-state index in [0.717, 1.165) is 10.1 Å². The van der Waals surface area contributed by atoms with E-state index in [9.17, 15) is 0 Å². The molecule has 0 radical (unpaired) electrons. The van der Waals surface area contributed by atoms with Crippen LogP contribution in [-0.4, -0.2) is 4.98 Å². The third-order valence-electron chi connectivity index (χ3n) is 1.12. The Kier molecular flexibility index (Phi) is 11.0. The predicted octanol–water partition coefficient (Wildman–Crippen LogP) is 4.09. The molecule has 0 unspecified atom stereocenters. The van der Waals surface area contributed by atoms with Crippen molar-refractivity contribution in [2.45, 2.75) is 11.4 Å². The van der Waals surface area contributed by atoms with Crippen LogP contribution in [0.1, 0.15) is 11.3 Å². The molecule has 67 valence electrons. The fourth-order valence-electron chi connectivity index (χ4n) is 0.687. The summed E-state index contributed by atoms with van der Waals surface area (Å²) in [5.74, 6) is 0. The number of nitrogens with zero attached hydrogens (tertiary/aromatic N) is 1. The van der Waals surface area contributed by atoms with Gasteiger partial charge in [0.05, 0.1) is 0 Å². The normalized spacial score (nSPS) is 8.33. The molecule has 5 heteroatoms. The summed E-state index contributed by atoms with van der Waals surface area (Å²) in [6, 6.07) is 4.14. The molecule has 0 fully saturated rings. The summed E-state index contributed by atoms with van der Waals surface area (Å²) in [5, 5.41) is 0. The zero-order valence-electron chi connectivity index (χ0n) is 6.47. The van der Waals surface area contributed by atoms with Crippen molar-refractivity contribution in [2.75, 3.05) is 0 Å². The van der Waals surface area contributed by atoms with E-state index < -0.39 is 0 Å². The van der Waals surface area contributed by atoms with E-state index in [1.807, 2.05) is 19.2 Å². The van der Waals surface area contributed by atoms with Gasteiger partial charge in [0.1, 0.15) is 0 Å². The van der Waals surface area contributed by atoms with Gasteiger partial charge < -0.3 is 0 Å². The molecule has 0 amide bonds. The van der Waals surface area contributed by atoms with Crippen molar-refractivity contribution in [3.8, 4) is 0 Å². The number of rotatable bonds is 1. The summed E-state index contributed by atoms with van der Waals surface area (Å²) in [6.45, 7) is 2.01. The second-order valence-electron chi connectivity index (χ2n) is 2.00. The summed E-state index contributed by atoms with van der Waals surface area (Å²) in [4.78, 5) is 4.08. The van der Waals surface area contributed by atoms with Gasteiger partial charge in [-0.05, 0) is 24.6 Å². The molecular weight excluding hydrogens is 530 g/mol. The Bertz CT molecular complexity index is 220. The second-order valence-corrected chi connectivity index (χ2v) is 14.6. The van der Waals surface area contributed by atoms with E-state index in [0.29, 0.717) is 9.47 Å². The van der Waals surface area contributed by atoms with Crippen LogP contribution < -0.4 is 0 Å². The van der Waals surface area contributed by atoms with Gasteiger partial charge in [-0.1, -0.05) is 22.6 Å².